The predicted molar refractivity (Wildman–Crippen MR) is 106 cm³/mol. The van der Waals surface area contributed by atoms with E-state index in [-0.39, 0.29) is 24.1 Å². The number of hydrogen-bond donors (Lipinski definition) is 3. The molecule has 0 spiro atoms. The van der Waals surface area contributed by atoms with Gasteiger partial charge in [-0.2, -0.15) is 0 Å². The highest BCUT2D eigenvalue weighted by atomic mass is 19.1. The van der Waals surface area contributed by atoms with Crippen LogP contribution in [0.3, 0.4) is 0 Å². The Balaban J connectivity index is 1.94. The normalized spacial score (nSPS) is 11.4. The van der Waals surface area contributed by atoms with Crippen molar-refractivity contribution in [3.8, 4) is 0 Å². The summed E-state index contributed by atoms with van der Waals surface area (Å²) in [5.41, 5.74) is 1.73. The van der Waals surface area contributed by atoms with Crippen molar-refractivity contribution in [3.63, 3.8) is 0 Å². The Hall–Kier alpha value is -3.22. The van der Waals surface area contributed by atoms with Gasteiger partial charge in [0.25, 0.3) is 0 Å². The van der Waals surface area contributed by atoms with Gasteiger partial charge in [-0.25, -0.2) is 9.18 Å². The molecule has 3 amide bonds. The second kappa shape index (κ2) is 10.2. The van der Waals surface area contributed by atoms with Gasteiger partial charge in [0.05, 0.1) is 0 Å². The number of carbonyl (C=O) groups is 3. The molecule has 0 aliphatic rings. The van der Waals surface area contributed by atoms with Crippen LogP contribution in [0.15, 0.2) is 48.5 Å². The molecule has 2 rings (SSSR count). The predicted octanol–water partition coefficient (Wildman–Crippen LogP) is 3.63. The summed E-state index contributed by atoms with van der Waals surface area (Å²) >= 11 is 0. The number of halogens is 1. The Bertz CT molecular complexity index is 837. The van der Waals surface area contributed by atoms with Crippen LogP contribution in [0.4, 0.5) is 14.9 Å². The minimum absolute atomic E-state index is 0.0977. The highest BCUT2D eigenvalue weighted by Gasteiger charge is 2.20. The average molecular weight is 385 g/mol. The maximum absolute atomic E-state index is 12.9. The SMILES string of the molecule is CCCC(NC(=O)NCc1ccc(F)cc1)C(=O)Nc1cccc(C(C)=O)c1. The summed E-state index contributed by atoms with van der Waals surface area (Å²) in [4.78, 5) is 36.2. The van der Waals surface area contributed by atoms with Gasteiger partial charge < -0.3 is 16.0 Å². The van der Waals surface area contributed by atoms with Gasteiger partial charge in [0, 0.05) is 17.8 Å². The molecule has 6 nitrogen and oxygen atoms in total. The third kappa shape index (κ3) is 6.50. The van der Waals surface area contributed by atoms with E-state index < -0.39 is 12.1 Å². The minimum atomic E-state index is -0.723. The highest BCUT2D eigenvalue weighted by molar-refractivity contribution is 5.99. The maximum Gasteiger partial charge on any atom is 0.315 e. The van der Waals surface area contributed by atoms with Crippen LogP contribution >= 0.6 is 0 Å². The number of nitrogens with one attached hydrogen (secondary N) is 3. The van der Waals surface area contributed by atoms with Gasteiger partial charge in [-0.05, 0) is 43.2 Å². The molecule has 7 heteroatoms. The Labute approximate surface area is 163 Å². The van der Waals surface area contributed by atoms with Crippen molar-refractivity contribution in [1.82, 2.24) is 10.6 Å². The van der Waals surface area contributed by atoms with Crippen LogP contribution in [0.5, 0.6) is 0 Å². The van der Waals surface area contributed by atoms with Crippen molar-refractivity contribution in [2.45, 2.75) is 39.3 Å². The molecule has 28 heavy (non-hydrogen) atoms. The number of Topliss-reactive ketones (excluding diaryl/α,β-unsaturated/α-hetero) is 1. The molecule has 0 aliphatic heterocycles. The van der Waals surface area contributed by atoms with E-state index in [0.717, 1.165) is 5.56 Å². The summed E-state index contributed by atoms with van der Waals surface area (Å²) in [6, 6.07) is 11.2. The van der Waals surface area contributed by atoms with Gasteiger partial charge in [0.15, 0.2) is 5.78 Å². The Kier molecular flexibility index (Phi) is 7.68. The quantitative estimate of drug-likeness (QED) is 0.607. The Morgan fingerprint density at radius 3 is 2.43 bits per heavy atom. The molecule has 148 valence electrons. The van der Waals surface area contributed by atoms with E-state index in [0.29, 0.717) is 24.1 Å². The summed E-state index contributed by atoms with van der Waals surface area (Å²) < 4.78 is 12.9. The largest absolute Gasteiger partial charge is 0.334 e. The van der Waals surface area contributed by atoms with Gasteiger partial charge in [-0.1, -0.05) is 37.6 Å². The molecule has 0 saturated heterocycles. The summed E-state index contributed by atoms with van der Waals surface area (Å²) in [7, 11) is 0. The van der Waals surface area contributed by atoms with E-state index in [9.17, 15) is 18.8 Å². The molecule has 2 aromatic carbocycles. The van der Waals surface area contributed by atoms with E-state index in [1.54, 1.807) is 36.4 Å². The fourth-order valence-electron chi connectivity index (χ4n) is 2.60. The fourth-order valence-corrected chi connectivity index (χ4v) is 2.60. The monoisotopic (exact) mass is 385 g/mol. The zero-order chi connectivity index (χ0) is 20.5. The molecule has 1 atom stereocenters. The van der Waals surface area contributed by atoms with E-state index in [1.165, 1.54) is 19.1 Å². The second-order valence-electron chi connectivity index (χ2n) is 6.42. The van der Waals surface area contributed by atoms with E-state index in [2.05, 4.69) is 16.0 Å². The second-order valence-corrected chi connectivity index (χ2v) is 6.42. The first-order valence-corrected chi connectivity index (χ1v) is 9.09. The standard InChI is InChI=1S/C21H24FN3O3/c1-3-5-19(20(27)24-18-7-4-6-16(12-18)14(2)26)25-21(28)23-13-15-8-10-17(22)11-9-15/h4,6-12,19H,3,5,13H2,1-2H3,(H,24,27)(H2,23,25,28). The molecule has 2 aromatic rings. The van der Waals surface area contributed by atoms with Gasteiger partial charge in [-0.3, -0.25) is 9.59 Å². The number of amides is 3. The average Bonchev–Trinajstić information content (AvgIpc) is 2.67. The third-order valence-electron chi connectivity index (χ3n) is 4.10. The number of urea groups is 1. The number of carbonyl (C=O) groups excluding carboxylic acids is 3. The van der Waals surface area contributed by atoms with Crippen LogP contribution in [0.1, 0.15) is 42.6 Å². The van der Waals surface area contributed by atoms with Crippen molar-refractivity contribution in [2.24, 2.45) is 0 Å². The lowest BCUT2D eigenvalue weighted by molar-refractivity contribution is -0.118. The number of anilines is 1. The summed E-state index contributed by atoms with van der Waals surface area (Å²) in [5, 5.41) is 8.04. The van der Waals surface area contributed by atoms with Crippen LogP contribution in [0.25, 0.3) is 0 Å². The van der Waals surface area contributed by atoms with Crippen LogP contribution in [0, 0.1) is 5.82 Å². The summed E-state index contributed by atoms with van der Waals surface area (Å²) in [6.45, 7) is 3.58. The molecule has 0 heterocycles. The first-order valence-electron chi connectivity index (χ1n) is 9.09. The minimum Gasteiger partial charge on any atom is -0.334 e. The lowest BCUT2D eigenvalue weighted by atomic mass is 10.1. The molecule has 3 N–H and O–H groups in total. The third-order valence-corrected chi connectivity index (χ3v) is 4.10. The lowest BCUT2D eigenvalue weighted by Gasteiger charge is -2.18. The van der Waals surface area contributed by atoms with Gasteiger partial charge in [-0.15, -0.1) is 0 Å². The van der Waals surface area contributed by atoms with E-state index >= 15 is 0 Å². The number of benzene rings is 2. The number of hydrogen-bond acceptors (Lipinski definition) is 3. The molecular weight excluding hydrogens is 361 g/mol. The van der Waals surface area contributed by atoms with Crippen LogP contribution in [0.2, 0.25) is 0 Å². The molecule has 1 unspecified atom stereocenters. The van der Waals surface area contributed by atoms with Crippen LogP contribution in [-0.2, 0) is 11.3 Å². The van der Waals surface area contributed by atoms with Crippen LogP contribution in [-0.4, -0.2) is 23.8 Å². The maximum atomic E-state index is 12.9. The lowest BCUT2D eigenvalue weighted by Crippen LogP contribution is -2.47. The van der Waals surface area contributed by atoms with Crippen molar-refractivity contribution in [2.75, 3.05) is 5.32 Å². The number of rotatable bonds is 8. The zero-order valence-corrected chi connectivity index (χ0v) is 15.9. The molecule has 0 radical (unpaired) electrons. The molecule has 0 fully saturated rings. The van der Waals surface area contributed by atoms with E-state index in [4.69, 9.17) is 0 Å². The van der Waals surface area contributed by atoms with E-state index in [1.807, 2.05) is 6.92 Å². The molecule has 0 bridgehead atoms. The Morgan fingerprint density at radius 1 is 1.07 bits per heavy atom. The van der Waals surface area contributed by atoms with Crippen LogP contribution < -0.4 is 16.0 Å². The van der Waals surface area contributed by atoms with Crippen molar-refractivity contribution < 1.29 is 18.8 Å². The molecule has 0 saturated carbocycles. The smallest absolute Gasteiger partial charge is 0.315 e. The van der Waals surface area contributed by atoms with Crippen molar-refractivity contribution in [3.05, 3.63) is 65.5 Å². The Morgan fingerprint density at radius 2 is 1.79 bits per heavy atom. The fraction of sp³-hybridized carbons (Fsp3) is 0.286. The summed E-state index contributed by atoms with van der Waals surface area (Å²) in [5.74, 6) is -0.805. The molecular formula is C21H24FN3O3. The zero-order valence-electron chi connectivity index (χ0n) is 15.9. The molecule has 0 aromatic heterocycles. The van der Waals surface area contributed by atoms with Crippen molar-refractivity contribution >= 4 is 23.4 Å². The topological polar surface area (TPSA) is 87.3 Å². The first kappa shape index (κ1) is 21.1. The van der Waals surface area contributed by atoms with Crippen molar-refractivity contribution in [1.29, 1.82) is 0 Å². The highest BCUT2D eigenvalue weighted by Crippen LogP contribution is 2.12. The first-order chi connectivity index (χ1) is 13.4. The van der Waals surface area contributed by atoms with Gasteiger partial charge >= 0.3 is 6.03 Å². The summed E-state index contributed by atoms with van der Waals surface area (Å²) in [6.07, 6.45) is 1.16. The molecule has 0 aliphatic carbocycles. The number of ketones is 1. The van der Waals surface area contributed by atoms with Gasteiger partial charge in [0.2, 0.25) is 5.91 Å². The van der Waals surface area contributed by atoms with Gasteiger partial charge in [0.1, 0.15) is 11.9 Å².